The van der Waals surface area contributed by atoms with Crippen LogP contribution in [0.4, 0.5) is 11.4 Å². The van der Waals surface area contributed by atoms with Gasteiger partial charge in [0.05, 0.1) is 0 Å². The number of anilines is 2. The standard InChI is InChI=1S/C17H17ClN2O/c1-11-9-13(5-7-15(11)18)17(21)20-14-6-4-12-3-2-8-19-16(12)10-14/h4-7,9-10,19H,2-3,8H2,1H3,(H,20,21). The van der Waals surface area contributed by atoms with Crippen molar-refractivity contribution in [2.45, 2.75) is 19.8 Å². The van der Waals surface area contributed by atoms with Crippen molar-refractivity contribution < 1.29 is 4.79 Å². The highest BCUT2D eigenvalue weighted by Gasteiger charge is 2.11. The first-order valence-electron chi connectivity index (χ1n) is 7.08. The van der Waals surface area contributed by atoms with Crippen molar-refractivity contribution in [3.05, 3.63) is 58.1 Å². The average Bonchev–Trinajstić information content (AvgIpc) is 2.50. The fraction of sp³-hybridized carbons (Fsp3) is 0.235. The topological polar surface area (TPSA) is 41.1 Å². The van der Waals surface area contributed by atoms with Crippen LogP contribution in [0.1, 0.15) is 27.9 Å². The van der Waals surface area contributed by atoms with Crippen molar-refractivity contribution in [2.24, 2.45) is 0 Å². The summed E-state index contributed by atoms with van der Waals surface area (Å²) in [7, 11) is 0. The monoisotopic (exact) mass is 300 g/mol. The Balaban J connectivity index is 1.79. The van der Waals surface area contributed by atoms with Crippen LogP contribution < -0.4 is 10.6 Å². The fourth-order valence-corrected chi connectivity index (χ4v) is 2.65. The molecule has 0 saturated carbocycles. The third-order valence-electron chi connectivity index (χ3n) is 3.73. The Morgan fingerprint density at radius 2 is 2.10 bits per heavy atom. The Morgan fingerprint density at radius 1 is 1.24 bits per heavy atom. The average molecular weight is 301 g/mol. The molecule has 108 valence electrons. The number of aryl methyl sites for hydroxylation is 2. The number of nitrogens with one attached hydrogen (secondary N) is 2. The predicted molar refractivity (Wildman–Crippen MR) is 87.4 cm³/mol. The summed E-state index contributed by atoms with van der Waals surface area (Å²) in [5, 5.41) is 6.97. The molecule has 1 aliphatic heterocycles. The summed E-state index contributed by atoms with van der Waals surface area (Å²) in [6, 6.07) is 11.3. The van der Waals surface area contributed by atoms with Crippen LogP contribution in [0.5, 0.6) is 0 Å². The van der Waals surface area contributed by atoms with E-state index < -0.39 is 0 Å². The minimum absolute atomic E-state index is 0.120. The van der Waals surface area contributed by atoms with Gasteiger partial charge in [0.15, 0.2) is 0 Å². The smallest absolute Gasteiger partial charge is 0.255 e. The summed E-state index contributed by atoms with van der Waals surface area (Å²) in [6.07, 6.45) is 2.25. The lowest BCUT2D eigenvalue weighted by atomic mass is 10.0. The highest BCUT2D eigenvalue weighted by molar-refractivity contribution is 6.31. The van der Waals surface area contributed by atoms with E-state index in [1.165, 1.54) is 5.56 Å². The minimum Gasteiger partial charge on any atom is -0.385 e. The number of halogens is 1. The van der Waals surface area contributed by atoms with Crippen LogP contribution in [0.2, 0.25) is 5.02 Å². The van der Waals surface area contributed by atoms with Crippen LogP contribution in [0, 0.1) is 6.92 Å². The first kappa shape index (κ1) is 14.0. The normalized spacial score (nSPS) is 13.2. The largest absolute Gasteiger partial charge is 0.385 e. The first-order chi connectivity index (χ1) is 10.1. The summed E-state index contributed by atoms with van der Waals surface area (Å²) >= 11 is 5.98. The van der Waals surface area contributed by atoms with Gasteiger partial charge in [-0.3, -0.25) is 4.79 Å². The van der Waals surface area contributed by atoms with Gasteiger partial charge in [0.1, 0.15) is 0 Å². The number of rotatable bonds is 2. The van der Waals surface area contributed by atoms with E-state index in [0.29, 0.717) is 10.6 Å². The fourth-order valence-electron chi connectivity index (χ4n) is 2.53. The summed E-state index contributed by atoms with van der Waals surface area (Å²) in [6.45, 7) is 2.88. The molecule has 3 nitrogen and oxygen atoms in total. The number of hydrogen-bond donors (Lipinski definition) is 2. The second-order valence-corrected chi connectivity index (χ2v) is 5.73. The zero-order valence-electron chi connectivity index (χ0n) is 11.9. The van der Waals surface area contributed by atoms with Crippen molar-refractivity contribution in [1.82, 2.24) is 0 Å². The lowest BCUT2D eigenvalue weighted by Gasteiger charge is -2.19. The third kappa shape index (κ3) is 3.03. The van der Waals surface area contributed by atoms with Gasteiger partial charge < -0.3 is 10.6 Å². The Hall–Kier alpha value is -2.00. The van der Waals surface area contributed by atoms with E-state index in [1.807, 2.05) is 19.1 Å². The van der Waals surface area contributed by atoms with Crippen LogP contribution in [-0.4, -0.2) is 12.5 Å². The molecule has 0 bridgehead atoms. The third-order valence-corrected chi connectivity index (χ3v) is 4.15. The Morgan fingerprint density at radius 3 is 2.90 bits per heavy atom. The molecule has 1 heterocycles. The quantitative estimate of drug-likeness (QED) is 0.870. The van der Waals surface area contributed by atoms with Crippen LogP contribution >= 0.6 is 11.6 Å². The molecule has 0 atom stereocenters. The van der Waals surface area contributed by atoms with Gasteiger partial charge in [0.2, 0.25) is 0 Å². The maximum Gasteiger partial charge on any atom is 0.255 e. The Labute approximate surface area is 129 Å². The molecular formula is C17H17ClN2O. The Kier molecular flexibility index (Phi) is 3.84. The van der Waals surface area contributed by atoms with Crippen LogP contribution in [0.25, 0.3) is 0 Å². The zero-order chi connectivity index (χ0) is 14.8. The summed E-state index contributed by atoms with van der Waals surface area (Å²) < 4.78 is 0. The molecule has 2 aromatic rings. The van der Waals surface area contributed by atoms with E-state index in [-0.39, 0.29) is 5.91 Å². The maximum atomic E-state index is 12.3. The van der Waals surface area contributed by atoms with Gasteiger partial charge in [-0.15, -0.1) is 0 Å². The second-order valence-electron chi connectivity index (χ2n) is 5.32. The molecule has 1 aliphatic rings. The van der Waals surface area contributed by atoms with Crippen LogP contribution in [0.15, 0.2) is 36.4 Å². The van der Waals surface area contributed by atoms with Gasteiger partial charge in [0, 0.05) is 28.5 Å². The van der Waals surface area contributed by atoms with Gasteiger partial charge in [-0.05, 0) is 61.2 Å². The van der Waals surface area contributed by atoms with Gasteiger partial charge in [-0.1, -0.05) is 17.7 Å². The molecule has 1 amide bonds. The number of amides is 1. The van der Waals surface area contributed by atoms with E-state index >= 15 is 0 Å². The molecule has 0 radical (unpaired) electrons. The number of fused-ring (bicyclic) bond motifs is 1. The lowest BCUT2D eigenvalue weighted by molar-refractivity contribution is 0.102. The molecule has 0 spiro atoms. The van der Waals surface area contributed by atoms with E-state index in [2.05, 4.69) is 16.7 Å². The first-order valence-corrected chi connectivity index (χ1v) is 7.45. The zero-order valence-corrected chi connectivity index (χ0v) is 12.6. The van der Waals surface area contributed by atoms with E-state index in [0.717, 1.165) is 36.3 Å². The van der Waals surface area contributed by atoms with Gasteiger partial charge in [-0.2, -0.15) is 0 Å². The van der Waals surface area contributed by atoms with E-state index in [4.69, 9.17) is 11.6 Å². The summed E-state index contributed by atoms with van der Waals surface area (Å²) in [4.78, 5) is 12.3. The number of hydrogen-bond acceptors (Lipinski definition) is 2. The second kappa shape index (κ2) is 5.78. The number of benzene rings is 2. The minimum atomic E-state index is -0.120. The molecule has 0 unspecified atom stereocenters. The molecule has 0 aromatic heterocycles. The van der Waals surface area contributed by atoms with Crippen molar-refractivity contribution in [3.8, 4) is 0 Å². The molecular weight excluding hydrogens is 284 g/mol. The molecule has 0 saturated heterocycles. The predicted octanol–water partition coefficient (Wildman–Crippen LogP) is 4.26. The van der Waals surface area contributed by atoms with Crippen LogP contribution in [0.3, 0.4) is 0 Å². The molecule has 2 N–H and O–H groups in total. The van der Waals surface area contributed by atoms with Crippen molar-refractivity contribution in [1.29, 1.82) is 0 Å². The van der Waals surface area contributed by atoms with Gasteiger partial charge in [-0.25, -0.2) is 0 Å². The van der Waals surface area contributed by atoms with Crippen LogP contribution in [-0.2, 0) is 6.42 Å². The van der Waals surface area contributed by atoms with Crippen molar-refractivity contribution in [2.75, 3.05) is 17.2 Å². The Bertz CT molecular complexity index is 697. The summed E-state index contributed by atoms with van der Waals surface area (Å²) in [5.74, 6) is -0.120. The van der Waals surface area contributed by atoms with Crippen molar-refractivity contribution >= 4 is 28.9 Å². The molecule has 0 fully saturated rings. The molecule has 3 rings (SSSR count). The maximum absolute atomic E-state index is 12.3. The lowest BCUT2D eigenvalue weighted by Crippen LogP contribution is -2.14. The highest BCUT2D eigenvalue weighted by Crippen LogP contribution is 2.26. The SMILES string of the molecule is Cc1cc(C(=O)Nc2ccc3c(c2)NCCC3)ccc1Cl. The summed E-state index contributed by atoms with van der Waals surface area (Å²) in [5.41, 5.74) is 4.74. The van der Waals surface area contributed by atoms with E-state index in [9.17, 15) is 4.79 Å². The molecule has 2 aromatic carbocycles. The molecule has 21 heavy (non-hydrogen) atoms. The number of carbonyl (C=O) groups is 1. The highest BCUT2D eigenvalue weighted by atomic mass is 35.5. The van der Waals surface area contributed by atoms with Gasteiger partial charge in [0.25, 0.3) is 5.91 Å². The molecule has 0 aliphatic carbocycles. The van der Waals surface area contributed by atoms with Crippen molar-refractivity contribution in [3.63, 3.8) is 0 Å². The van der Waals surface area contributed by atoms with E-state index in [1.54, 1.807) is 18.2 Å². The van der Waals surface area contributed by atoms with Gasteiger partial charge >= 0.3 is 0 Å². The number of carbonyl (C=O) groups excluding carboxylic acids is 1. The molecule has 4 heteroatoms.